The Labute approximate surface area is 174 Å². The Kier molecular flexibility index (Phi) is 5.76. The third-order valence-corrected chi connectivity index (χ3v) is 8.63. The van der Waals surface area contributed by atoms with E-state index in [1.54, 1.807) is 14.2 Å². The van der Waals surface area contributed by atoms with Crippen molar-refractivity contribution >= 4 is 32.7 Å². The van der Waals surface area contributed by atoms with Gasteiger partial charge in [-0.05, 0) is 30.5 Å². The minimum Gasteiger partial charge on any atom is -0.493 e. The molecule has 3 heterocycles. The lowest BCUT2D eigenvalue weighted by atomic mass is 10.1. The molecule has 0 spiro atoms. The Morgan fingerprint density at radius 1 is 1.28 bits per heavy atom. The molecule has 0 saturated carbocycles. The van der Waals surface area contributed by atoms with Gasteiger partial charge in [-0.3, -0.25) is 4.79 Å². The first-order valence-corrected chi connectivity index (χ1v) is 12.2. The molecule has 1 aromatic carbocycles. The number of aliphatic imine (C=N–C) groups is 1. The lowest BCUT2D eigenvalue weighted by Crippen LogP contribution is -2.37. The number of amidine groups is 1. The topological polar surface area (TPSA) is 94.5 Å². The van der Waals surface area contributed by atoms with Crippen molar-refractivity contribution in [2.24, 2.45) is 4.99 Å². The zero-order valence-corrected chi connectivity index (χ0v) is 18.0. The number of hydrogen-bond donors (Lipinski definition) is 0. The van der Waals surface area contributed by atoms with E-state index in [1.165, 1.54) is 11.8 Å². The lowest BCUT2D eigenvalue weighted by Gasteiger charge is -2.25. The molecule has 3 aliphatic heterocycles. The highest BCUT2D eigenvalue weighted by molar-refractivity contribution is 8.15. The van der Waals surface area contributed by atoms with Gasteiger partial charge in [-0.2, -0.15) is 4.99 Å². The number of carbonyl (C=O) groups is 1. The molecular formula is C19H24N2O6S2. The normalized spacial score (nSPS) is 29.2. The number of hydrogen-bond acceptors (Lipinski definition) is 7. The van der Waals surface area contributed by atoms with Gasteiger partial charge in [0.25, 0.3) is 5.91 Å². The van der Waals surface area contributed by atoms with Gasteiger partial charge < -0.3 is 19.1 Å². The average Bonchev–Trinajstić information content (AvgIpc) is 3.39. The molecule has 3 aliphatic rings. The summed E-state index contributed by atoms with van der Waals surface area (Å²) in [4.78, 5) is 18.8. The second-order valence-electron chi connectivity index (χ2n) is 7.35. The molecule has 0 radical (unpaired) electrons. The maximum atomic E-state index is 12.5. The SMILES string of the molecule is COc1ccc(CN2C(=NC(=O)[C@@H]3CCCO3)S[C@H]3CS(=O)(=O)C[C@H]32)cc1OC. The van der Waals surface area contributed by atoms with Crippen molar-refractivity contribution in [3.8, 4) is 11.5 Å². The third kappa shape index (κ3) is 4.24. The van der Waals surface area contributed by atoms with Crippen molar-refractivity contribution in [3.05, 3.63) is 23.8 Å². The van der Waals surface area contributed by atoms with Crippen LogP contribution in [0.4, 0.5) is 0 Å². The largest absolute Gasteiger partial charge is 0.493 e. The Hall–Kier alpha value is -1.78. The first-order valence-electron chi connectivity index (χ1n) is 9.49. The average molecular weight is 441 g/mol. The van der Waals surface area contributed by atoms with Crippen LogP contribution in [0.2, 0.25) is 0 Å². The molecule has 3 atom stereocenters. The molecule has 29 heavy (non-hydrogen) atoms. The summed E-state index contributed by atoms with van der Waals surface area (Å²) >= 11 is 1.38. The summed E-state index contributed by atoms with van der Waals surface area (Å²) in [6, 6.07) is 5.38. The summed E-state index contributed by atoms with van der Waals surface area (Å²) < 4.78 is 40.4. The summed E-state index contributed by atoms with van der Waals surface area (Å²) in [6.07, 6.45) is 1.04. The van der Waals surface area contributed by atoms with Crippen molar-refractivity contribution in [3.63, 3.8) is 0 Å². The number of amides is 1. The van der Waals surface area contributed by atoms with Crippen molar-refractivity contribution in [1.82, 2.24) is 4.90 Å². The van der Waals surface area contributed by atoms with Gasteiger partial charge in [-0.15, -0.1) is 0 Å². The molecule has 158 valence electrons. The van der Waals surface area contributed by atoms with Gasteiger partial charge in [0.05, 0.1) is 31.8 Å². The second-order valence-corrected chi connectivity index (χ2v) is 10.7. The number of carbonyl (C=O) groups excluding carboxylic acids is 1. The van der Waals surface area contributed by atoms with Crippen LogP contribution < -0.4 is 9.47 Å². The number of nitrogens with zero attached hydrogens (tertiary/aromatic N) is 2. The number of sulfone groups is 1. The first-order chi connectivity index (χ1) is 13.9. The van der Waals surface area contributed by atoms with Gasteiger partial charge in [0.15, 0.2) is 26.5 Å². The third-order valence-electron chi connectivity index (χ3n) is 5.39. The number of ether oxygens (including phenoxy) is 3. The summed E-state index contributed by atoms with van der Waals surface area (Å²) in [5.41, 5.74) is 0.922. The van der Waals surface area contributed by atoms with E-state index in [-0.39, 0.29) is 28.7 Å². The maximum absolute atomic E-state index is 12.5. The van der Waals surface area contributed by atoms with Crippen LogP contribution in [0.15, 0.2) is 23.2 Å². The van der Waals surface area contributed by atoms with E-state index in [9.17, 15) is 13.2 Å². The quantitative estimate of drug-likeness (QED) is 0.680. The zero-order valence-electron chi connectivity index (χ0n) is 16.4. The van der Waals surface area contributed by atoms with E-state index in [2.05, 4.69) is 4.99 Å². The second kappa shape index (κ2) is 8.16. The van der Waals surface area contributed by atoms with Gasteiger partial charge in [-0.1, -0.05) is 17.8 Å². The number of methoxy groups -OCH3 is 2. The number of benzene rings is 1. The van der Waals surface area contributed by atoms with Gasteiger partial charge in [0.1, 0.15) is 6.10 Å². The standard InChI is InChI=1S/C19H24N2O6S2/c1-25-14-6-5-12(8-16(14)26-2)9-21-13-10-29(23,24)11-17(13)28-19(21)20-18(22)15-4-3-7-27-15/h5-6,8,13,15,17H,3-4,7,9-11H2,1-2H3/t13-,15+,17+/m1/s1. The molecule has 3 saturated heterocycles. The number of thioether (sulfide) groups is 1. The van der Waals surface area contributed by atoms with Crippen LogP contribution >= 0.6 is 11.8 Å². The van der Waals surface area contributed by atoms with Crippen LogP contribution in [0.5, 0.6) is 11.5 Å². The van der Waals surface area contributed by atoms with Crippen LogP contribution in [0.25, 0.3) is 0 Å². The van der Waals surface area contributed by atoms with E-state index in [4.69, 9.17) is 14.2 Å². The Bertz CT molecular complexity index is 927. The van der Waals surface area contributed by atoms with Gasteiger partial charge in [0, 0.05) is 18.4 Å². The molecule has 3 fully saturated rings. The van der Waals surface area contributed by atoms with E-state index in [1.807, 2.05) is 23.1 Å². The summed E-state index contributed by atoms with van der Waals surface area (Å²) in [5, 5.41) is 0.460. The fraction of sp³-hybridized carbons (Fsp3) is 0.579. The van der Waals surface area contributed by atoms with Crippen molar-refractivity contribution < 1.29 is 27.4 Å². The van der Waals surface area contributed by atoms with Crippen LogP contribution in [0.3, 0.4) is 0 Å². The molecule has 1 amide bonds. The highest BCUT2D eigenvalue weighted by atomic mass is 32.2. The minimum absolute atomic E-state index is 0.0745. The molecule has 8 nitrogen and oxygen atoms in total. The highest BCUT2D eigenvalue weighted by Gasteiger charge is 2.49. The van der Waals surface area contributed by atoms with Crippen LogP contribution in [0, 0.1) is 0 Å². The molecule has 0 unspecified atom stereocenters. The fourth-order valence-corrected chi connectivity index (χ4v) is 7.89. The Morgan fingerprint density at radius 3 is 2.76 bits per heavy atom. The van der Waals surface area contributed by atoms with Crippen LogP contribution in [-0.4, -0.2) is 74.1 Å². The van der Waals surface area contributed by atoms with Crippen LogP contribution in [-0.2, 0) is 25.9 Å². The first kappa shape index (κ1) is 20.5. The molecule has 0 N–H and O–H groups in total. The predicted octanol–water partition coefficient (Wildman–Crippen LogP) is 1.48. The molecule has 0 bridgehead atoms. The fourth-order valence-electron chi connectivity index (χ4n) is 3.93. The minimum atomic E-state index is -3.09. The van der Waals surface area contributed by atoms with Gasteiger partial charge in [0.2, 0.25) is 0 Å². The maximum Gasteiger partial charge on any atom is 0.277 e. The highest BCUT2D eigenvalue weighted by Crippen LogP contribution is 2.40. The van der Waals surface area contributed by atoms with Crippen molar-refractivity contribution in [1.29, 1.82) is 0 Å². The van der Waals surface area contributed by atoms with Crippen molar-refractivity contribution in [2.75, 3.05) is 32.3 Å². The van der Waals surface area contributed by atoms with E-state index in [0.717, 1.165) is 12.0 Å². The predicted molar refractivity (Wildman–Crippen MR) is 110 cm³/mol. The molecule has 10 heteroatoms. The lowest BCUT2D eigenvalue weighted by molar-refractivity contribution is -0.126. The summed E-state index contributed by atoms with van der Waals surface area (Å²) in [7, 11) is 0.0495. The van der Waals surface area contributed by atoms with Gasteiger partial charge >= 0.3 is 0 Å². The van der Waals surface area contributed by atoms with Gasteiger partial charge in [-0.25, -0.2) is 8.42 Å². The van der Waals surface area contributed by atoms with Crippen LogP contribution in [0.1, 0.15) is 18.4 Å². The molecule has 0 aromatic heterocycles. The molecule has 4 rings (SSSR count). The molecular weight excluding hydrogens is 416 g/mol. The molecule has 1 aromatic rings. The zero-order chi connectivity index (χ0) is 20.6. The smallest absolute Gasteiger partial charge is 0.277 e. The number of fused-ring (bicyclic) bond motifs is 1. The summed E-state index contributed by atoms with van der Waals surface area (Å²) in [6.45, 7) is 1.01. The van der Waals surface area contributed by atoms with E-state index < -0.39 is 15.9 Å². The van der Waals surface area contributed by atoms with E-state index >= 15 is 0 Å². The summed E-state index contributed by atoms with van der Waals surface area (Å²) in [5.74, 6) is 1.12. The van der Waals surface area contributed by atoms with E-state index in [0.29, 0.717) is 36.2 Å². The van der Waals surface area contributed by atoms with Crippen molar-refractivity contribution in [2.45, 2.75) is 36.8 Å². The Balaban J connectivity index is 1.61. The molecule has 0 aliphatic carbocycles. The monoisotopic (exact) mass is 440 g/mol. The number of rotatable bonds is 5. The Morgan fingerprint density at radius 2 is 2.07 bits per heavy atom.